The third kappa shape index (κ3) is 6.62. The molecule has 0 rings (SSSR count). The lowest BCUT2D eigenvalue weighted by molar-refractivity contribution is -0.0168. The number of rotatable bonds is 5. The SMILES string of the molecule is CCOC(COC)CC(C)(C)C. The maximum absolute atomic E-state index is 5.53. The van der Waals surface area contributed by atoms with E-state index in [0.29, 0.717) is 12.0 Å². The van der Waals surface area contributed by atoms with E-state index in [1.165, 1.54) is 0 Å². The van der Waals surface area contributed by atoms with E-state index in [0.717, 1.165) is 13.0 Å². The molecule has 0 saturated heterocycles. The van der Waals surface area contributed by atoms with Gasteiger partial charge in [0, 0.05) is 13.7 Å². The van der Waals surface area contributed by atoms with E-state index >= 15 is 0 Å². The lowest BCUT2D eigenvalue weighted by Gasteiger charge is -2.25. The van der Waals surface area contributed by atoms with E-state index in [1.807, 2.05) is 6.92 Å². The highest BCUT2D eigenvalue weighted by Crippen LogP contribution is 2.22. The highest BCUT2D eigenvalue weighted by molar-refractivity contribution is 4.68. The predicted molar refractivity (Wildman–Crippen MR) is 51.4 cm³/mol. The molecule has 0 N–H and O–H groups in total. The third-order valence-electron chi connectivity index (χ3n) is 1.59. The van der Waals surface area contributed by atoms with Gasteiger partial charge >= 0.3 is 0 Å². The molecule has 74 valence electrons. The fraction of sp³-hybridized carbons (Fsp3) is 1.00. The lowest BCUT2D eigenvalue weighted by Crippen LogP contribution is -2.25. The molecule has 0 aliphatic heterocycles. The first kappa shape index (κ1) is 11.9. The van der Waals surface area contributed by atoms with Crippen LogP contribution in [-0.4, -0.2) is 26.4 Å². The van der Waals surface area contributed by atoms with E-state index < -0.39 is 0 Å². The standard InChI is InChI=1S/C10H22O2/c1-6-12-9(8-11-5)7-10(2,3)4/h9H,6-8H2,1-5H3. The van der Waals surface area contributed by atoms with Gasteiger partial charge in [-0.05, 0) is 18.8 Å². The summed E-state index contributed by atoms with van der Waals surface area (Å²) in [6.07, 6.45) is 1.30. The van der Waals surface area contributed by atoms with Gasteiger partial charge in [0.2, 0.25) is 0 Å². The van der Waals surface area contributed by atoms with E-state index in [-0.39, 0.29) is 6.10 Å². The number of methoxy groups -OCH3 is 1. The van der Waals surface area contributed by atoms with E-state index in [9.17, 15) is 0 Å². The Balaban J connectivity index is 3.77. The summed E-state index contributed by atoms with van der Waals surface area (Å²) in [6, 6.07) is 0. The van der Waals surface area contributed by atoms with Crippen molar-refractivity contribution in [1.29, 1.82) is 0 Å². The third-order valence-corrected chi connectivity index (χ3v) is 1.59. The van der Waals surface area contributed by atoms with Gasteiger partial charge in [-0.15, -0.1) is 0 Å². The summed E-state index contributed by atoms with van der Waals surface area (Å²) in [7, 11) is 1.72. The average molecular weight is 174 g/mol. The Labute approximate surface area is 76.3 Å². The quantitative estimate of drug-likeness (QED) is 0.637. The molecule has 1 atom stereocenters. The first-order valence-electron chi connectivity index (χ1n) is 4.60. The minimum Gasteiger partial charge on any atom is -0.382 e. The molecule has 2 nitrogen and oxygen atoms in total. The molecule has 0 aliphatic carbocycles. The second-order valence-corrected chi connectivity index (χ2v) is 4.30. The van der Waals surface area contributed by atoms with Crippen LogP contribution in [0.3, 0.4) is 0 Å². The smallest absolute Gasteiger partial charge is 0.0813 e. The normalized spacial score (nSPS) is 14.8. The molecule has 0 aromatic heterocycles. The van der Waals surface area contributed by atoms with Gasteiger partial charge in [0.05, 0.1) is 12.7 Å². The van der Waals surface area contributed by atoms with Crippen LogP contribution in [0.5, 0.6) is 0 Å². The monoisotopic (exact) mass is 174 g/mol. The van der Waals surface area contributed by atoms with Crippen LogP contribution in [0.25, 0.3) is 0 Å². The predicted octanol–water partition coefficient (Wildman–Crippen LogP) is 2.47. The first-order valence-corrected chi connectivity index (χ1v) is 4.60. The number of hydrogen-bond donors (Lipinski definition) is 0. The Morgan fingerprint density at radius 2 is 1.83 bits per heavy atom. The van der Waals surface area contributed by atoms with Crippen molar-refractivity contribution >= 4 is 0 Å². The maximum Gasteiger partial charge on any atom is 0.0813 e. The molecule has 0 bridgehead atoms. The minimum absolute atomic E-state index is 0.250. The highest BCUT2D eigenvalue weighted by atomic mass is 16.5. The molecule has 0 amide bonds. The van der Waals surface area contributed by atoms with Crippen LogP contribution in [0.2, 0.25) is 0 Å². The van der Waals surface area contributed by atoms with Crippen molar-refractivity contribution < 1.29 is 9.47 Å². The van der Waals surface area contributed by atoms with Gasteiger partial charge < -0.3 is 9.47 Å². The minimum atomic E-state index is 0.250. The summed E-state index contributed by atoms with van der Waals surface area (Å²) in [5, 5.41) is 0. The summed E-state index contributed by atoms with van der Waals surface area (Å²) in [6.45, 7) is 10.1. The Kier molecular flexibility index (Phi) is 5.51. The summed E-state index contributed by atoms with van der Waals surface area (Å²) >= 11 is 0. The number of hydrogen-bond acceptors (Lipinski definition) is 2. The van der Waals surface area contributed by atoms with Crippen LogP contribution < -0.4 is 0 Å². The zero-order valence-corrected chi connectivity index (χ0v) is 9.02. The topological polar surface area (TPSA) is 18.5 Å². The van der Waals surface area contributed by atoms with E-state index in [4.69, 9.17) is 9.47 Å². The highest BCUT2D eigenvalue weighted by Gasteiger charge is 2.18. The summed E-state index contributed by atoms with van der Waals surface area (Å²) < 4.78 is 10.6. The zero-order valence-electron chi connectivity index (χ0n) is 9.02. The fourth-order valence-corrected chi connectivity index (χ4v) is 1.27. The van der Waals surface area contributed by atoms with Crippen molar-refractivity contribution in [2.45, 2.75) is 40.2 Å². The average Bonchev–Trinajstić information content (AvgIpc) is 1.84. The van der Waals surface area contributed by atoms with Gasteiger partial charge in [-0.3, -0.25) is 0 Å². The Hall–Kier alpha value is -0.0800. The van der Waals surface area contributed by atoms with Crippen molar-refractivity contribution in [3.05, 3.63) is 0 Å². The van der Waals surface area contributed by atoms with Crippen LogP contribution in [-0.2, 0) is 9.47 Å². The van der Waals surface area contributed by atoms with Crippen LogP contribution in [0.15, 0.2) is 0 Å². The van der Waals surface area contributed by atoms with Gasteiger partial charge in [-0.1, -0.05) is 20.8 Å². The summed E-state index contributed by atoms with van der Waals surface area (Å²) in [5.74, 6) is 0. The Bertz CT molecular complexity index is 98.9. The summed E-state index contributed by atoms with van der Waals surface area (Å²) in [4.78, 5) is 0. The largest absolute Gasteiger partial charge is 0.382 e. The molecule has 0 heterocycles. The van der Waals surface area contributed by atoms with E-state index in [2.05, 4.69) is 20.8 Å². The number of ether oxygens (including phenoxy) is 2. The molecule has 1 unspecified atom stereocenters. The van der Waals surface area contributed by atoms with Gasteiger partial charge in [0.15, 0.2) is 0 Å². The molecule has 0 fully saturated rings. The van der Waals surface area contributed by atoms with Crippen molar-refractivity contribution in [3.8, 4) is 0 Å². The fourth-order valence-electron chi connectivity index (χ4n) is 1.27. The van der Waals surface area contributed by atoms with Crippen LogP contribution >= 0.6 is 0 Å². The van der Waals surface area contributed by atoms with Gasteiger partial charge in [-0.2, -0.15) is 0 Å². The van der Waals surface area contributed by atoms with Gasteiger partial charge in [0.25, 0.3) is 0 Å². The molecular formula is C10H22O2. The molecule has 2 heteroatoms. The Morgan fingerprint density at radius 1 is 1.25 bits per heavy atom. The van der Waals surface area contributed by atoms with Crippen molar-refractivity contribution in [1.82, 2.24) is 0 Å². The Morgan fingerprint density at radius 3 is 2.17 bits per heavy atom. The van der Waals surface area contributed by atoms with Crippen molar-refractivity contribution in [3.63, 3.8) is 0 Å². The molecule has 0 aromatic carbocycles. The van der Waals surface area contributed by atoms with Crippen molar-refractivity contribution in [2.75, 3.05) is 20.3 Å². The zero-order chi connectivity index (χ0) is 9.61. The molecular weight excluding hydrogens is 152 g/mol. The van der Waals surface area contributed by atoms with Crippen LogP contribution in [0, 0.1) is 5.41 Å². The first-order chi connectivity index (χ1) is 5.49. The molecule has 0 saturated carbocycles. The molecule has 0 spiro atoms. The second-order valence-electron chi connectivity index (χ2n) is 4.30. The van der Waals surface area contributed by atoms with Crippen LogP contribution in [0.4, 0.5) is 0 Å². The van der Waals surface area contributed by atoms with Gasteiger partial charge in [0.1, 0.15) is 0 Å². The van der Waals surface area contributed by atoms with Gasteiger partial charge in [-0.25, -0.2) is 0 Å². The van der Waals surface area contributed by atoms with Crippen LogP contribution in [0.1, 0.15) is 34.1 Å². The lowest BCUT2D eigenvalue weighted by atomic mass is 9.89. The molecule has 12 heavy (non-hydrogen) atoms. The van der Waals surface area contributed by atoms with E-state index in [1.54, 1.807) is 7.11 Å². The maximum atomic E-state index is 5.53. The molecule has 0 aromatic rings. The molecule has 0 aliphatic rings. The molecule has 0 radical (unpaired) electrons. The second kappa shape index (κ2) is 5.55. The van der Waals surface area contributed by atoms with Crippen molar-refractivity contribution in [2.24, 2.45) is 5.41 Å². The summed E-state index contributed by atoms with van der Waals surface area (Å²) in [5.41, 5.74) is 0.318.